The van der Waals surface area contributed by atoms with Crippen LogP contribution in [0.2, 0.25) is 0 Å². The second-order valence-corrected chi connectivity index (χ2v) is 5.70. The van der Waals surface area contributed by atoms with Gasteiger partial charge in [-0.25, -0.2) is 9.67 Å². The summed E-state index contributed by atoms with van der Waals surface area (Å²) in [6.45, 7) is 0. The monoisotopic (exact) mass is 382 g/mol. The lowest BCUT2D eigenvalue weighted by Crippen LogP contribution is -2.14. The van der Waals surface area contributed by atoms with Gasteiger partial charge in [-0.3, -0.25) is 4.98 Å². The highest BCUT2D eigenvalue weighted by molar-refractivity contribution is 6.02. The van der Waals surface area contributed by atoms with E-state index in [-0.39, 0.29) is 22.1 Å². The van der Waals surface area contributed by atoms with Crippen LogP contribution in [-0.2, 0) is 12.4 Å². The third kappa shape index (κ3) is 2.96. The molecule has 4 aromatic rings. The second kappa shape index (κ2) is 5.66. The van der Waals surface area contributed by atoms with E-state index in [1.165, 1.54) is 18.3 Å². The summed E-state index contributed by atoms with van der Waals surface area (Å²) in [5.74, 6) is -0.386. The lowest BCUT2D eigenvalue weighted by molar-refractivity contribution is -0.143. The number of halogens is 6. The van der Waals surface area contributed by atoms with E-state index in [2.05, 4.69) is 15.1 Å². The molecule has 4 rings (SSSR count). The maximum absolute atomic E-state index is 13.2. The zero-order valence-corrected chi connectivity index (χ0v) is 13.2. The molecular weight excluding hydrogens is 374 g/mol. The van der Waals surface area contributed by atoms with E-state index >= 15 is 0 Å². The Morgan fingerprint density at radius 1 is 0.778 bits per heavy atom. The highest BCUT2D eigenvalue weighted by atomic mass is 19.4. The molecule has 0 saturated carbocycles. The van der Waals surface area contributed by atoms with E-state index in [9.17, 15) is 26.3 Å². The third-order valence-electron chi connectivity index (χ3n) is 3.92. The van der Waals surface area contributed by atoms with E-state index in [4.69, 9.17) is 0 Å². The molecular formula is C17H8F6N4. The van der Waals surface area contributed by atoms with Crippen LogP contribution in [0.4, 0.5) is 26.3 Å². The third-order valence-corrected chi connectivity index (χ3v) is 3.92. The van der Waals surface area contributed by atoms with Gasteiger partial charge in [0, 0.05) is 23.0 Å². The van der Waals surface area contributed by atoms with Gasteiger partial charge >= 0.3 is 12.4 Å². The molecule has 4 nitrogen and oxygen atoms in total. The Bertz CT molecular complexity index is 1160. The van der Waals surface area contributed by atoms with Crippen molar-refractivity contribution in [1.29, 1.82) is 0 Å². The van der Waals surface area contributed by atoms with Crippen molar-refractivity contribution >= 4 is 21.8 Å². The average Bonchev–Trinajstić information content (AvgIpc) is 3.07. The number of alkyl halides is 6. The largest absolute Gasteiger partial charge is 0.435 e. The van der Waals surface area contributed by atoms with Gasteiger partial charge in [0.2, 0.25) is 0 Å². The summed E-state index contributed by atoms with van der Waals surface area (Å²) >= 11 is 0. The van der Waals surface area contributed by atoms with Gasteiger partial charge in [0.1, 0.15) is 0 Å². The maximum atomic E-state index is 13.2. The molecule has 1 aromatic carbocycles. The SMILES string of the molecule is FC(F)(F)c1cc(C(F)(F)F)n(-c2ccc3ccc4cccnc4c3n2)n1. The molecule has 0 amide bonds. The van der Waals surface area contributed by atoms with Crippen molar-refractivity contribution < 1.29 is 26.3 Å². The zero-order valence-electron chi connectivity index (χ0n) is 13.2. The smallest absolute Gasteiger partial charge is 0.254 e. The van der Waals surface area contributed by atoms with Gasteiger partial charge in [0.15, 0.2) is 17.2 Å². The lowest BCUT2D eigenvalue weighted by atomic mass is 10.1. The summed E-state index contributed by atoms with van der Waals surface area (Å²) in [4.78, 5) is 8.28. The van der Waals surface area contributed by atoms with Crippen LogP contribution in [0.25, 0.3) is 27.6 Å². The molecule has 0 aliphatic rings. The van der Waals surface area contributed by atoms with Crippen LogP contribution in [0.5, 0.6) is 0 Å². The van der Waals surface area contributed by atoms with Crippen molar-refractivity contribution in [3.8, 4) is 5.82 Å². The Hall–Kier alpha value is -3.17. The topological polar surface area (TPSA) is 43.6 Å². The number of hydrogen-bond acceptors (Lipinski definition) is 3. The molecule has 0 N–H and O–H groups in total. The van der Waals surface area contributed by atoms with E-state index in [0.29, 0.717) is 16.3 Å². The normalized spacial score (nSPS) is 12.8. The molecule has 0 fully saturated rings. The first-order chi connectivity index (χ1) is 12.6. The number of fused-ring (bicyclic) bond motifs is 3. The first-order valence-electron chi connectivity index (χ1n) is 7.54. The molecule has 0 bridgehead atoms. The second-order valence-electron chi connectivity index (χ2n) is 5.70. The Labute approximate surface area is 147 Å². The molecule has 0 aliphatic carbocycles. The van der Waals surface area contributed by atoms with Gasteiger partial charge < -0.3 is 0 Å². The number of aromatic nitrogens is 4. The van der Waals surface area contributed by atoms with Crippen LogP contribution < -0.4 is 0 Å². The summed E-state index contributed by atoms with van der Waals surface area (Å²) in [7, 11) is 0. The predicted molar refractivity (Wildman–Crippen MR) is 84.2 cm³/mol. The average molecular weight is 382 g/mol. The van der Waals surface area contributed by atoms with Crippen LogP contribution >= 0.6 is 0 Å². The molecule has 0 radical (unpaired) electrons. The van der Waals surface area contributed by atoms with E-state index in [1.807, 2.05) is 0 Å². The zero-order chi connectivity index (χ0) is 19.4. The van der Waals surface area contributed by atoms with Crippen molar-refractivity contribution in [2.24, 2.45) is 0 Å². The quantitative estimate of drug-likeness (QED) is 0.344. The van der Waals surface area contributed by atoms with Gasteiger partial charge in [-0.2, -0.15) is 31.4 Å². The van der Waals surface area contributed by atoms with Gasteiger partial charge in [0.25, 0.3) is 0 Å². The Kier molecular flexibility index (Phi) is 3.62. The van der Waals surface area contributed by atoms with Gasteiger partial charge in [-0.15, -0.1) is 0 Å². The van der Waals surface area contributed by atoms with E-state index in [0.717, 1.165) is 0 Å². The minimum absolute atomic E-state index is 0.0345. The minimum Gasteiger partial charge on any atom is -0.254 e. The van der Waals surface area contributed by atoms with Crippen molar-refractivity contribution in [3.05, 3.63) is 60.0 Å². The van der Waals surface area contributed by atoms with Crippen LogP contribution in [0.3, 0.4) is 0 Å². The summed E-state index contributed by atoms with van der Waals surface area (Å²) in [6.07, 6.45) is -8.56. The van der Waals surface area contributed by atoms with Crippen LogP contribution in [-0.4, -0.2) is 19.7 Å². The number of benzene rings is 1. The fourth-order valence-electron chi connectivity index (χ4n) is 2.73. The van der Waals surface area contributed by atoms with Crippen molar-refractivity contribution in [2.75, 3.05) is 0 Å². The molecule has 10 heteroatoms. The van der Waals surface area contributed by atoms with Crippen LogP contribution in [0, 0.1) is 0 Å². The van der Waals surface area contributed by atoms with Crippen molar-refractivity contribution in [3.63, 3.8) is 0 Å². The van der Waals surface area contributed by atoms with Gasteiger partial charge in [0.05, 0.1) is 11.0 Å². The fraction of sp³-hybridized carbons (Fsp3) is 0.118. The molecule has 0 spiro atoms. The van der Waals surface area contributed by atoms with Gasteiger partial charge in [-0.1, -0.05) is 18.2 Å². The summed E-state index contributed by atoms with van der Waals surface area (Å²) in [5.41, 5.74) is -2.51. The van der Waals surface area contributed by atoms with Crippen molar-refractivity contribution in [2.45, 2.75) is 12.4 Å². The lowest BCUT2D eigenvalue weighted by Gasteiger charge is -2.10. The summed E-state index contributed by atoms with van der Waals surface area (Å²) in [6, 6.07) is 9.50. The maximum Gasteiger partial charge on any atom is 0.435 e. The van der Waals surface area contributed by atoms with Crippen LogP contribution in [0.1, 0.15) is 11.4 Å². The van der Waals surface area contributed by atoms with Crippen LogP contribution in [0.15, 0.2) is 48.7 Å². The molecule has 27 heavy (non-hydrogen) atoms. The number of pyridine rings is 2. The predicted octanol–water partition coefficient (Wildman–Crippen LogP) is 5.01. The number of hydrogen-bond donors (Lipinski definition) is 0. The van der Waals surface area contributed by atoms with E-state index < -0.39 is 23.7 Å². The first kappa shape index (κ1) is 17.3. The highest BCUT2D eigenvalue weighted by Crippen LogP contribution is 2.36. The molecule has 3 heterocycles. The molecule has 0 saturated heterocycles. The number of rotatable bonds is 1. The molecule has 0 atom stereocenters. The fourth-order valence-corrected chi connectivity index (χ4v) is 2.73. The van der Waals surface area contributed by atoms with E-state index in [1.54, 1.807) is 24.3 Å². The number of nitrogens with zero attached hydrogens (tertiary/aromatic N) is 4. The molecule has 138 valence electrons. The molecule has 3 aromatic heterocycles. The Morgan fingerprint density at radius 2 is 1.44 bits per heavy atom. The minimum atomic E-state index is -5.04. The Balaban J connectivity index is 1.99. The molecule has 0 aliphatic heterocycles. The summed E-state index contributed by atoms with van der Waals surface area (Å²) in [5, 5.41) is 4.38. The Morgan fingerprint density at radius 3 is 2.11 bits per heavy atom. The standard InChI is InChI=1S/C17H8F6N4/c18-16(19,20)11-8-12(17(21,22)23)27(26-11)13-6-5-10-4-3-9-2-1-7-24-14(9)15(10)25-13/h1-8H. The first-order valence-corrected chi connectivity index (χ1v) is 7.54. The van der Waals surface area contributed by atoms with Gasteiger partial charge in [-0.05, 0) is 18.2 Å². The molecule has 0 unspecified atom stereocenters. The van der Waals surface area contributed by atoms with Crippen molar-refractivity contribution in [1.82, 2.24) is 19.7 Å². The highest BCUT2D eigenvalue weighted by Gasteiger charge is 2.42. The summed E-state index contributed by atoms with van der Waals surface area (Å²) < 4.78 is 78.5.